The minimum absolute atomic E-state index is 0.321. The molecule has 0 fully saturated rings. The highest BCUT2D eigenvalue weighted by Crippen LogP contribution is 2.32. The lowest BCUT2D eigenvalue weighted by Crippen LogP contribution is -2.28. The highest BCUT2D eigenvalue weighted by molar-refractivity contribution is 6.13. The van der Waals surface area contributed by atoms with Crippen LogP contribution in [0.5, 0.6) is 0 Å². The summed E-state index contributed by atoms with van der Waals surface area (Å²) in [6.07, 6.45) is 2.06. The molecule has 0 aromatic heterocycles. The van der Waals surface area contributed by atoms with E-state index >= 15 is 0 Å². The van der Waals surface area contributed by atoms with Gasteiger partial charge in [-0.3, -0.25) is 14.9 Å². The third kappa shape index (κ3) is 1.59. The summed E-state index contributed by atoms with van der Waals surface area (Å²) in [5, 5.41) is 4.47. The first-order valence-corrected chi connectivity index (χ1v) is 6.02. The number of carbonyl (C=O) groups excluding carboxylic acids is 2. The van der Waals surface area contributed by atoms with Crippen molar-refractivity contribution in [3.63, 3.8) is 0 Å². The summed E-state index contributed by atoms with van der Waals surface area (Å²) in [5.41, 5.74) is 3.16. The van der Waals surface area contributed by atoms with Crippen molar-refractivity contribution in [3.8, 4) is 0 Å². The first-order valence-electron chi connectivity index (χ1n) is 6.02. The van der Waals surface area contributed by atoms with Crippen LogP contribution in [0.2, 0.25) is 0 Å². The van der Waals surface area contributed by atoms with Crippen LogP contribution in [0.3, 0.4) is 0 Å². The van der Waals surface area contributed by atoms with Gasteiger partial charge in [-0.25, -0.2) is 0 Å². The van der Waals surface area contributed by atoms with Crippen LogP contribution in [0.1, 0.15) is 28.4 Å². The van der Waals surface area contributed by atoms with Crippen LogP contribution < -0.4 is 5.32 Å². The summed E-state index contributed by atoms with van der Waals surface area (Å²) in [4.78, 5) is 23.0. The molecule has 0 radical (unpaired) electrons. The van der Waals surface area contributed by atoms with E-state index in [1.54, 1.807) is 0 Å². The van der Waals surface area contributed by atoms with Crippen molar-refractivity contribution < 1.29 is 9.59 Å². The Morgan fingerprint density at radius 1 is 1.06 bits per heavy atom. The standard InChI is InChI=1S/C15H13NO2/c1-9(17)16-15(18)13-8-7-11-6-5-10-3-2-4-12(13)14(10)11/h2-4,7-8H,5-6H2,1H3,(H,16,17,18). The molecule has 1 N–H and O–H groups in total. The monoisotopic (exact) mass is 239 g/mol. The van der Waals surface area contributed by atoms with Crippen molar-refractivity contribution in [2.24, 2.45) is 0 Å². The molecule has 0 bridgehead atoms. The first-order chi connectivity index (χ1) is 8.66. The smallest absolute Gasteiger partial charge is 0.258 e. The lowest BCUT2D eigenvalue weighted by molar-refractivity contribution is -0.118. The van der Waals surface area contributed by atoms with Gasteiger partial charge in [0.2, 0.25) is 5.91 Å². The molecule has 0 atom stereocenters. The predicted molar refractivity (Wildman–Crippen MR) is 69.5 cm³/mol. The molecule has 3 heteroatoms. The molecule has 0 saturated carbocycles. The van der Waals surface area contributed by atoms with E-state index < -0.39 is 0 Å². The molecule has 1 aliphatic rings. The number of hydrogen-bond donors (Lipinski definition) is 1. The molecular weight excluding hydrogens is 226 g/mol. The zero-order chi connectivity index (χ0) is 12.7. The van der Waals surface area contributed by atoms with E-state index in [9.17, 15) is 9.59 Å². The fraction of sp³-hybridized carbons (Fsp3) is 0.200. The highest BCUT2D eigenvalue weighted by Gasteiger charge is 2.18. The Labute approximate surface area is 105 Å². The summed E-state index contributed by atoms with van der Waals surface area (Å²) in [5.74, 6) is -0.652. The van der Waals surface area contributed by atoms with E-state index in [1.807, 2.05) is 24.3 Å². The summed E-state index contributed by atoms with van der Waals surface area (Å²) >= 11 is 0. The van der Waals surface area contributed by atoms with Gasteiger partial charge in [-0.2, -0.15) is 0 Å². The van der Waals surface area contributed by atoms with Gasteiger partial charge in [0.15, 0.2) is 0 Å². The lowest BCUT2D eigenvalue weighted by atomic mass is 9.99. The summed E-state index contributed by atoms with van der Waals surface area (Å²) in [6, 6.07) is 9.82. The lowest BCUT2D eigenvalue weighted by Gasteiger charge is -2.08. The van der Waals surface area contributed by atoms with Crippen LogP contribution in [0.25, 0.3) is 10.8 Å². The summed E-state index contributed by atoms with van der Waals surface area (Å²) in [6.45, 7) is 1.35. The van der Waals surface area contributed by atoms with Crippen LogP contribution >= 0.6 is 0 Å². The Kier molecular flexibility index (Phi) is 2.40. The van der Waals surface area contributed by atoms with Crippen LogP contribution in [-0.2, 0) is 17.6 Å². The van der Waals surface area contributed by atoms with Gasteiger partial charge in [-0.05, 0) is 40.8 Å². The largest absolute Gasteiger partial charge is 0.293 e. The fourth-order valence-electron chi connectivity index (χ4n) is 2.67. The molecule has 90 valence electrons. The highest BCUT2D eigenvalue weighted by atomic mass is 16.2. The summed E-state index contributed by atoms with van der Waals surface area (Å²) < 4.78 is 0. The van der Waals surface area contributed by atoms with Gasteiger partial charge < -0.3 is 0 Å². The minimum Gasteiger partial charge on any atom is -0.293 e. The molecule has 0 heterocycles. The molecule has 18 heavy (non-hydrogen) atoms. The third-order valence-electron chi connectivity index (χ3n) is 3.41. The van der Waals surface area contributed by atoms with E-state index in [-0.39, 0.29) is 11.8 Å². The van der Waals surface area contributed by atoms with E-state index in [4.69, 9.17) is 0 Å². The minimum atomic E-state index is -0.330. The normalized spacial score (nSPS) is 12.7. The molecule has 0 saturated heterocycles. The van der Waals surface area contributed by atoms with E-state index in [1.165, 1.54) is 23.4 Å². The van der Waals surface area contributed by atoms with Crippen molar-refractivity contribution >= 4 is 22.6 Å². The molecule has 0 spiro atoms. The number of carbonyl (C=O) groups is 2. The predicted octanol–water partition coefficient (Wildman–Crippen LogP) is 2.21. The van der Waals surface area contributed by atoms with Crippen LogP contribution in [0.15, 0.2) is 30.3 Å². The average molecular weight is 239 g/mol. The molecule has 3 nitrogen and oxygen atoms in total. The Hall–Kier alpha value is -2.16. The van der Waals surface area contributed by atoms with Crippen LogP contribution in [-0.4, -0.2) is 11.8 Å². The second-order valence-electron chi connectivity index (χ2n) is 4.62. The number of nitrogens with one attached hydrogen (secondary N) is 1. The third-order valence-corrected chi connectivity index (χ3v) is 3.41. The Morgan fingerprint density at radius 2 is 1.78 bits per heavy atom. The van der Waals surface area contributed by atoms with E-state index in [0.717, 1.165) is 18.2 Å². The molecule has 2 aromatic rings. The van der Waals surface area contributed by atoms with Crippen molar-refractivity contribution in [2.45, 2.75) is 19.8 Å². The maximum absolute atomic E-state index is 12.0. The SMILES string of the molecule is CC(=O)NC(=O)c1ccc2c3c(cccc13)CC2. The molecule has 3 rings (SSSR count). The molecule has 2 aromatic carbocycles. The zero-order valence-corrected chi connectivity index (χ0v) is 10.1. The topological polar surface area (TPSA) is 46.2 Å². The number of amides is 2. The van der Waals surface area contributed by atoms with Gasteiger partial charge in [-0.15, -0.1) is 0 Å². The van der Waals surface area contributed by atoms with Crippen molar-refractivity contribution in [1.29, 1.82) is 0 Å². The maximum atomic E-state index is 12.0. The zero-order valence-electron chi connectivity index (χ0n) is 10.1. The molecule has 0 unspecified atom stereocenters. The van der Waals surface area contributed by atoms with Gasteiger partial charge in [0.25, 0.3) is 5.91 Å². The number of benzene rings is 2. The van der Waals surface area contributed by atoms with E-state index in [2.05, 4.69) is 11.4 Å². The molecule has 2 amide bonds. The van der Waals surface area contributed by atoms with Gasteiger partial charge >= 0.3 is 0 Å². The Bertz CT molecular complexity index is 663. The number of aryl methyl sites for hydroxylation is 2. The van der Waals surface area contributed by atoms with E-state index in [0.29, 0.717) is 5.56 Å². The van der Waals surface area contributed by atoms with Gasteiger partial charge in [0.1, 0.15) is 0 Å². The second-order valence-corrected chi connectivity index (χ2v) is 4.62. The number of hydrogen-bond acceptors (Lipinski definition) is 2. The van der Waals surface area contributed by atoms with Crippen LogP contribution in [0.4, 0.5) is 0 Å². The van der Waals surface area contributed by atoms with Crippen molar-refractivity contribution in [2.75, 3.05) is 0 Å². The van der Waals surface area contributed by atoms with Gasteiger partial charge in [-0.1, -0.05) is 24.3 Å². The Balaban J connectivity index is 2.20. The fourth-order valence-corrected chi connectivity index (χ4v) is 2.67. The van der Waals surface area contributed by atoms with Crippen molar-refractivity contribution in [3.05, 3.63) is 47.0 Å². The van der Waals surface area contributed by atoms with Gasteiger partial charge in [0.05, 0.1) is 0 Å². The van der Waals surface area contributed by atoms with Gasteiger partial charge in [0, 0.05) is 12.5 Å². The second kappa shape index (κ2) is 3.95. The number of rotatable bonds is 1. The summed E-state index contributed by atoms with van der Waals surface area (Å²) in [7, 11) is 0. The number of imide groups is 1. The van der Waals surface area contributed by atoms with Crippen molar-refractivity contribution in [1.82, 2.24) is 5.32 Å². The molecule has 0 aliphatic heterocycles. The average Bonchev–Trinajstić information content (AvgIpc) is 2.74. The quantitative estimate of drug-likeness (QED) is 0.829. The maximum Gasteiger partial charge on any atom is 0.258 e. The molecular formula is C15H13NO2. The molecule has 1 aliphatic carbocycles. The first kappa shape index (κ1) is 11.0. The van der Waals surface area contributed by atoms with Crippen LogP contribution in [0, 0.1) is 0 Å². The Morgan fingerprint density at radius 3 is 2.50 bits per heavy atom.